The van der Waals surface area contributed by atoms with Crippen molar-refractivity contribution in [2.24, 2.45) is 0 Å². The minimum atomic E-state index is 1.18. The van der Waals surface area contributed by atoms with Crippen LogP contribution < -0.4 is 0 Å². The van der Waals surface area contributed by atoms with E-state index < -0.39 is 0 Å². The van der Waals surface area contributed by atoms with Crippen LogP contribution in [0.2, 0.25) is 0 Å². The van der Waals surface area contributed by atoms with Crippen LogP contribution in [0.25, 0.3) is 22.2 Å². The number of aromatic amines is 1. The summed E-state index contributed by atoms with van der Waals surface area (Å²) >= 11 is 1.82. The Morgan fingerprint density at radius 2 is 1.43 bits per heavy atom. The predicted octanol–water partition coefficient (Wildman–Crippen LogP) is 6.29. The van der Waals surface area contributed by atoms with Gasteiger partial charge in [0.05, 0.1) is 5.69 Å². The summed E-state index contributed by atoms with van der Waals surface area (Å²) in [6.45, 7) is 2.12. The molecule has 23 heavy (non-hydrogen) atoms. The lowest BCUT2D eigenvalue weighted by Gasteiger charge is -2.06. The molecule has 3 aromatic carbocycles. The van der Waals surface area contributed by atoms with E-state index in [2.05, 4.69) is 90.8 Å². The molecule has 4 rings (SSSR count). The van der Waals surface area contributed by atoms with E-state index >= 15 is 0 Å². The van der Waals surface area contributed by atoms with Crippen molar-refractivity contribution >= 4 is 22.7 Å². The first kappa shape index (κ1) is 14.2. The molecule has 0 fully saturated rings. The highest BCUT2D eigenvalue weighted by atomic mass is 32.2. The Kier molecular flexibility index (Phi) is 3.68. The fourth-order valence-corrected chi connectivity index (χ4v) is 3.82. The molecule has 112 valence electrons. The molecule has 0 radical (unpaired) electrons. The lowest BCUT2D eigenvalue weighted by Crippen LogP contribution is -1.80. The topological polar surface area (TPSA) is 15.8 Å². The van der Waals surface area contributed by atoms with Crippen molar-refractivity contribution in [3.63, 3.8) is 0 Å². The molecule has 0 aliphatic heterocycles. The molecule has 0 unspecified atom stereocenters. The lowest BCUT2D eigenvalue weighted by molar-refractivity contribution is 1.36. The van der Waals surface area contributed by atoms with E-state index in [1.165, 1.54) is 37.5 Å². The summed E-state index contributed by atoms with van der Waals surface area (Å²) in [4.78, 5) is 6.14. The van der Waals surface area contributed by atoms with Crippen LogP contribution in [0.4, 0.5) is 0 Å². The highest BCUT2D eigenvalue weighted by molar-refractivity contribution is 7.99. The fourth-order valence-electron chi connectivity index (χ4n) is 2.75. The van der Waals surface area contributed by atoms with Crippen LogP contribution >= 0.6 is 11.8 Å². The number of hydrogen-bond donors (Lipinski definition) is 1. The van der Waals surface area contributed by atoms with Gasteiger partial charge in [0, 0.05) is 20.7 Å². The van der Waals surface area contributed by atoms with Gasteiger partial charge in [-0.05, 0) is 30.7 Å². The molecule has 0 saturated carbocycles. The van der Waals surface area contributed by atoms with Crippen LogP contribution in [0.1, 0.15) is 5.56 Å². The predicted molar refractivity (Wildman–Crippen MR) is 99.0 cm³/mol. The number of aryl methyl sites for hydroxylation is 1. The smallest absolute Gasteiger partial charge is 0.0606 e. The van der Waals surface area contributed by atoms with Crippen LogP contribution in [0.3, 0.4) is 0 Å². The van der Waals surface area contributed by atoms with Crippen molar-refractivity contribution in [3.8, 4) is 11.3 Å². The molecule has 0 atom stereocenters. The Morgan fingerprint density at radius 3 is 2.22 bits per heavy atom. The van der Waals surface area contributed by atoms with Gasteiger partial charge in [0.1, 0.15) is 0 Å². The van der Waals surface area contributed by atoms with Crippen molar-refractivity contribution in [3.05, 3.63) is 84.4 Å². The number of aromatic nitrogens is 1. The fraction of sp³-hybridized carbons (Fsp3) is 0.0476. The Morgan fingerprint density at radius 1 is 0.739 bits per heavy atom. The van der Waals surface area contributed by atoms with Crippen molar-refractivity contribution in [1.29, 1.82) is 0 Å². The van der Waals surface area contributed by atoms with E-state index in [9.17, 15) is 0 Å². The quantitative estimate of drug-likeness (QED) is 0.469. The lowest BCUT2D eigenvalue weighted by atomic mass is 10.1. The van der Waals surface area contributed by atoms with E-state index in [0.717, 1.165) is 0 Å². The first-order chi connectivity index (χ1) is 11.3. The van der Waals surface area contributed by atoms with Gasteiger partial charge in [0.15, 0.2) is 0 Å². The second-order valence-electron chi connectivity index (χ2n) is 5.66. The van der Waals surface area contributed by atoms with Gasteiger partial charge in [-0.1, -0.05) is 78.0 Å². The summed E-state index contributed by atoms with van der Waals surface area (Å²) < 4.78 is 0. The maximum Gasteiger partial charge on any atom is 0.0606 e. The summed E-state index contributed by atoms with van der Waals surface area (Å²) in [6.07, 6.45) is 0. The molecule has 2 heteroatoms. The molecule has 0 bridgehead atoms. The molecule has 0 aliphatic rings. The molecule has 1 aromatic heterocycles. The van der Waals surface area contributed by atoms with Crippen molar-refractivity contribution in [1.82, 2.24) is 4.98 Å². The minimum absolute atomic E-state index is 1.18. The molecule has 0 saturated heterocycles. The number of hydrogen-bond acceptors (Lipinski definition) is 1. The van der Waals surface area contributed by atoms with E-state index in [1.807, 2.05) is 11.8 Å². The molecule has 4 aromatic rings. The summed E-state index contributed by atoms with van der Waals surface area (Å²) in [7, 11) is 0. The number of rotatable bonds is 3. The molecular weight excluding hydrogens is 298 g/mol. The Bertz CT molecular complexity index is 937. The van der Waals surface area contributed by atoms with E-state index in [1.54, 1.807) is 0 Å². The SMILES string of the molecule is Cc1ccc(Sc2c(-c3ccccc3)[nH]c3ccccc23)cc1. The second-order valence-corrected chi connectivity index (χ2v) is 6.74. The third kappa shape index (κ3) is 2.78. The van der Waals surface area contributed by atoms with Gasteiger partial charge in [0.25, 0.3) is 0 Å². The number of H-pyrrole nitrogens is 1. The minimum Gasteiger partial charge on any atom is -0.354 e. The zero-order chi connectivity index (χ0) is 15.6. The maximum atomic E-state index is 3.59. The molecule has 0 aliphatic carbocycles. The highest BCUT2D eigenvalue weighted by Crippen LogP contribution is 2.41. The third-order valence-corrected chi connectivity index (χ3v) is 5.10. The number of nitrogens with one attached hydrogen (secondary N) is 1. The summed E-state index contributed by atoms with van der Waals surface area (Å²) in [6, 6.07) is 27.8. The molecule has 1 heterocycles. The van der Waals surface area contributed by atoms with Crippen molar-refractivity contribution < 1.29 is 0 Å². The van der Waals surface area contributed by atoms with Gasteiger partial charge in [-0.25, -0.2) is 0 Å². The van der Waals surface area contributed by atoms with E-state index in [4.69, 9.17) is 0 Å². The first-order valence-electron chi connectivity index (χ1n) is 7.72. The largest absolute Gasteiger partial charge is 0.354 e. The highest BCUT2D eigenvalue weighted by Gasteiger charge is 2.14. The average molecular weight is 315 g/mol. The monoisotopic (exact) mass is 315 g/mol. The summed E-state index contributed by atoms with van der Waals surface area (Å²) in [5.41, 5.74) is 4.88. The van der Waals surface area contributed by atoms with Crippen molar-refractivity contribution in [2.75, 3.05) is 0 Å². The Balaban J connectivity index is 1.87. The molecule has 1 nitrogen and oxygen atoms in total. The van der Waals surface area contributed by atoms with Gasteiger partial charge in [0.2, 0.25) is 0 Å². The van der Waals surface area contributed by atoms with Crippen LogP contribution in [-0.4, -0.2) is 4.98 Å². The van der Waals surface area contributed by atoms with E-state index in [-0.39, 0.29) is 0 Å². The number of benzene rings is 3. The number of fused-ring (bicyclic) bond motifs is 1. The van der Waals surface area contributed by atoms with Crippen LogP contribution in [0.5, 0.6) is 0 Å². The summed E-state index contributed by atoms with van der Waals surface area (Å²) in [5, 5.41) is 1.27. The van der Waals surface area contributed by atoms with Gasteiger partial charge >= 0.3 is 0 Å². The number of para-hydroxylation sites is 1. The third-order valence-electron chi connectivity index (χ3n) is 3.96. The van der Waals surface area contributed by atoms with Crippen LogP contribution in [0.15, 0.2) is 88.7 Å². The zero-order valence-corrected chi connectivity index (χ0v) is 13.7. The average Bonchev–Trinajstić information content (AvgIpc) is 2.96. The Labute approximate surface area is 140 Å². The normalized spacial score (nSPS) is 11.0. The van der Waals surface area contributed by atoms with Crippen LogP contribution in [-0.2, 0) is 0 Å². The molecule has 1 N–H and O–H groups in total. The summed E-state index contributed by atoms with van der Waals surface area (Å²) in [5.74, 6) is 0. The Hall–Kier alpha value is -2.45. The molecular formula is C21H17NS. The standard InChI is InChI=1S/C21H17NS/c1-15-11-13-17(14-12-15)23-21-18-9-5-6-10-19(18)22-20(21)16-7-3-2-4-8-16/h2-14,22H,1H3. The second kappa shape index (κ2) is 5.98. The van der Waals surface area contributed by atoms with Gasteiger partial charge in [-0.2, -0.15) is 0 Å². The van der Waals surface area contributed by atoms with Gasteiger partial charge in [-0.15, -0.1) is 0 Å². The van der Waals surface area contributed by atoms with Gasteiger partial charge in [-0.3, -0.25) is 0 Å². The first-order valence-corrected chi connectivity index (χ1v) is 8.53. The molecule has 0 spiro atoms. The molecule has 0 amide bonds. The maximum absolute atomic E-state index is 3.59. The van der Waals surface area contributed by atoms with E-state index in [0.29, 0.717) is 0 Å². The zero-order valence-electron chi connectivity index (χ0n) is 12.9. The van der Waals surface area contributed by atoms with Gasteiger partial charge < -0.3 is 4.98 Å². The van der Waals surface area contributed by atoms with Crippen molar-refractivity contribution in [2.45, 2.75) is 16.7 Å². The van der Waals surface area contributed by atoms with Crippen LogP contribution in [0, 0.1) is 6.92 Å².